The fourth-order valence-electron chi connectivity index (χ4n) is 1.22. The summed E-state index contributed by atoms with van der Waals surface area (Å²) in [5, 5.41) is 0. The van der Waals surface area contributed by atoms with Gasteiger partial charge < -0.3 is 4.90 Å². The van der Waals surface area contributed by atoms with Crippen molar-refractivity contribution in [2.75, 3.05) is 22.9 Å². The number of hydrogen-bond acceptors (Lipinski definition) is 1. The lowest BCUT2D eigenvalue weighted by Gasteiger charge is -2.18. The molecule has 0 aliphatic heterocycles. The first-order valence-corrected chi connectivity index (χ1v) is 6.02. The van der Waals surface area contributed by atoms with Crippen LogP contribution in [0.15, 0.2) is 18.2 Å². The Labute approximate surface area is 94.3 Å². The summed E-state index contributed by atoms with van der Waals surface area (Å²) in [6.07, 6.45) is 0. The predicted octanol–water partition coefficient (Wildman–Crippen LogP) is 3.17. The topological polar surface area (TPSA) is 3.24 Å². The lowest BCUT2D eigenvalue weighted by Crippen LogP contribution is -2.19. The minimum atomic E-state index is 1.11. The molecule has 2 heteroatoms. The molecule has 0 saturated heterocycles. The zero-order valence-corrected chi connectivity index (χ0v) is 10.6. The van der Waals surface area contributed by atoms with Gasteiger partial charge in [-0.3, -0.25) is 0 Å². The van der Waals surface area contributed by atoms with Crippen LogP contribution >= 0.6 is 22.6 Å². The summed E-state index contributed by atoms with van der Waals surface area (Å²) in [5.74, 6) is 0. The number of nitrogens with zero attached hydrogens (tertiary/aromatic N) is 1. The maximum atomic E-state index is 2.40. The summed E-state index contributed by atoms with van der Waals surface area (Å²) in [7, 11) is 2.14. The zero-order chi connectivity index (χ0) is 9.84. The molecule has 13 heavy (non-hydrogen) atoms. The second-order valence-corrected chi connectivity index (χ2v) is 4.46. The normalized spacial score (nSPS) is 10.2. The first-order valence-electron chi connectivity index (χ1n) is 4.49. The van der Waals surface area contributed by atoms with Gasteiger partial charge >= 0.3 is 0 Å². The molecule has 0 atom stereocenters. The van der Waals surface area contributed by atoms with Gasteiger partial charge in [0, 0.05) is 23.7 Å². The van der Waals surface area contributed by atoms with Crippen molar-refractivity contribution in [2.24, 2.45) is 0 Å². The summed E-state index contributed by atoms with van der Waals surface area (Å²) in [4.78, 5) is 2.29. The molecule has 72 valence electrons. The molecular formula is C11H16IN. The summed E-state index contributed by atoms with van der Waals surface area (Å²) in [5.41, 5.74) is 4.06. The fraction of sp³-hybridized carbons (Fsp3) is 0.455. The van der Waals surface area contributed by atoms with Gasteiger partial charge in [-0.1, -0.05) is 28.7 Å². The lowest BCUT2D eigenvalue weighted by atomic mass is 10.1. The molecule has 0 aliphatic rings. The number of anilines is 1. The molecule has 0 amide bonds. The van der Waals surface area contributed by atoms with Crippen LogP contribution in [-0.4, -0.2) is 18.0 Å². The van der Waals surface area contributed by atoms with Gasteiger partial charge in [-0.2, -0.15) is 0 Å². The number of aryl methyl sites for hydroxylation is 2. The van der Waals surface area contributed by atoms with E-state index in [-0.39, 0.29) is 0 Å². The van der Waals surface area contributed by atoms with E-state index in [2.05, 4.69) is 66.6 Å². The highest BCUT2D eigenvalue weighted by Crippen LogP contribution is 2.17. The monoisotopic (exact) mass is 289 g/mol. The molecule has 0 aliphatic carbocycles. The highest BCUT2D eigenvalue weighted by molar-refractivity contribution is 14.1. The molecule has 0 spiro atoms. The van der Waals surface area contributed by atoms with Gasteiger partial charge in [0.25, 0.3) is 0 Å². The number of alkyl halides is 1. The summed E-state index contributed by atoms with van der Waals surface area (Å²) < 4.78 is 1.17. The van der Waals surface area contributed by atoms with E-state index in [1.807, 2.05) is 0 Å². The van der Waals surface area contributed by atoms with E-state index in [0.717, 1.165) is 6.54 Å². The molecule has 1 aromatic carbocycles. The number of hydrogen-bond donors (Lipinski definition) is 0. The zero-order valence-electron chi connectivity index (χ0n) is 8.47. The van der Waals surface area contributed by atoms with E-state index in [4.69, 9.17) is 0 Å². The molecule has 0 radical (unpaired) electrons. The van der Waals surface area contributed by atoms with Crippen molar-refractivity contribution in [3.63, 3.8) is 0 Å². The van der Waals surface area contributed by atoms with Crippen LogP contribution in [0.5, 0.6) is 0 Å². The fourth-order valence-corrected chi connectivity index (χ4v) is 1.94. The van der Waals surface area contributed by atoms with Crippen LogP contribution < -0.4 is 4.90 Å². The van der Waals surface area contributed by atoms with E-state index in [1.54, 1.807) is 0 Å². The van der Waals surface area contributed by atoms with E-state index >= 15 is 0 Å². The van der Waals surface area contributed by atoms with Crippen molar-refractivity contribution in [1.29, 1.82) is 0 Å². The standard InChI is InChI=1S/C11H16IN/c1-9-4-5-11(8-10(9)2)13(3)7-6-12/h4-5,8H,6-7H2,1-3H3. The van der Waals surface area contributed by atoms with Crippen molar-refractivity contribution in [2.45, 2.75) is 13.8 Å². The molecule has 1 nitrogen and oxygen atoms in total. The summed E-state index contributed by atoms with van der Waals surface area (Å²) >= 11 is 2.40. The van der Waals surface area contributed by atoms with Crippen LogP contribution in [0.2, 0.25) is 0 Å². The Kier molecular flexibility index (Phi) is 4.03. The molecule has 0 heterocycles. The molecule has 0 aromatic heterocycles. The Balaban J connectivity index is 2.84. The first-order chi connectivity index (χ1) is 6.15. The highest BCUT2D eigenvalue weighted by atomic mass is 127. The molecule has 1 aromatic rings. The molecule has 0 N–H and O–H groups in total. The third-order valence-electron chi connectivity index (χ3n) is 2.35. The smallest absolute Gasteiger partial charge is 0.0366 e. The Morgan fingerprint density at radius 3 is 2.46 bits per heavy atom. The third-order valence-corrected chi connectivity index (χ3v) is 2.83. The molecule has 0 bridgehead atoms. The van der Waals surface area contributed by atoms with E-state index < -0.39 is 0 Å². The van der Waals surface area contributed by atoms with E-state index in [0.29, 0.717) is 0 Å². The number of benzene rings is 1. The van der Waals surface area contributed by atoms with Crippen molar-refractivity contribution in [3.05, 3.63) is 29.3 Å². The Morgan fingerprint density at radius 2 is 1.92 bits per heavy atom. The summed E-state index contributed by atoms with van der Waals surface area (Å²) in [6, 6.07) is 6.63. The van der Waals surface area contributed by atoms with E-state index in [1.165, 1.54) is 21.2 Å². The van der Waals surface area contributed by atoms with Crippen LogP contribution in [0.25, 0.3) is 0 Å². The van der Waals surface area contributed by atoms with Crippen LogP contribution in [-0.2, 0) is 0 Å². The molecule has 0 fully saturated rings. The first kappa shape index (κ1) is 10.8. The van der Waals surface area contributed by atoms with Gasteiger partial charge in [-0.05, 0) is 37.1 Å². The maximum Gasteiger partial charge on any atom is 0.0366 e. The van der Waals surface area contributed by atoms with Crippen molar-refractivity contribution in [1.82, 2.24) is 0 Å². The van der Waals surface area contributed by atoms with Crippen LogP contribution in [0.4, 0.5) is 5.69 Å². The largest absolute Gasteiger partial charge is 0.374 e. The number of halogens is 1. The highest BCUT2D eigenvalue weighted by Gasteiger charge is 2.00. The Bertz CT molecular complexity index is 283. The van der Waals surface area contributed by atoms with E-state index in [9.17, 15) is 0 Å². The SMILES string of the molecule is Cc1ccc(N(C)CCI)cc1C. The maximum absolute atomic E-state index is 2.40. The van der Waals surface area contributed by atoms with Crippen LogP contribution in [0.1, 0.15) is 11.1 Å². The minimum Gasteiger partial charge on any atom is -0.374 e. The number of rotatable bonds is 3. The Hall–Kier alpha value is -0.250. The summed E-state index contributed by atoms with van der Waals surface area (Å²) in [6.45, 7) is 5.43. The van der Waals surface area contributed by atoms with Gasteiger partial charge in [0.2, 0.25) is 0 Å². The van der Waals surface area contributed by atoms with Gasteiger partial charge in [0.1, 0.15) is 0 Å². The van der Waals surface area contributed by atoms with Crippen LogP contribution in [0.3, 0.4) is 0 Å². The third kappa shape index (κ3) is 2.86. The molecular weight excluding hydrogens is 273 g/mol. The van der Waals surface area contributed by atoms with Gasteiger partial charge in [-0.25, -0.2) is 0 Å². The van der Waals surface area contributed by atoms with Gasteiger partial charge in [0.15, 0.2) is 0 Å². The molecule has 0 unspecified atom stereocenters. The average Bonchev–Trinajstić information content (AvgIpc) is 2.10. The minimum absolute atomic E-state index is 1.11. The molecule has 0 saturated carbocycles. The second kappa shape index (κ2) is 4.84. The van der Waals surface area contributed by atoms with Crippen molar-refractivity contribution < 1.29 is 0 Å². The van der Waals surface area contributed by atoms with Crippen molar-refractivity contribution >= 4 is 28.3 Å². The van der Waals surface area contributed by atoms with Gasteiger partial charge in [-0.15, -0.1) is 0 Å². The average molecular weight is 289 g/mol. The second-order valence-electron chi connectivity index (χ2n) is 3.38. The van der Waals surface area contributed by atoms with Gasteiger partial charge in [0.05, 0.1) is 0 Å². The van der Waals surface area contributed by atoms with Crippen molar-refractivity contribution in [3.8, 4) is 0 Å². The quantitative estimate of drug-likeness (QED) is 0.610. The molecule has 1 rings (SSSR count). The van der Waals surface area contributed by atoms with Crippen LogP contribution in [0, 0.1) is 13.8 Å². The lowest BCUT2D eigenvalue weighted by molar-refractivity contribution is 0.985. The predicted molar refractivity (Wildman–Crippen MR) is 68.1 cm³/mol. The Morgan fingerprint density at radius 1 is 1.23 bits per heavy atom.